The van der Waals surface area contributed by atoms with Crippen molar-refractivity contribution in [1.82, 2.24) is 14.9 Å². The number of anilines is 1. The molecule has 0 radical (unpaired) electrons. The molecule has 1 atom stereocenters. The number of piperazine rings is 1. The number of nitrogens with zero attached hydrogens (tertiary/aromatic N) is 4. The normalized spacial score (nSPS) is 16.4. The summed E-state index contributed by atoms with van der Waals surface area (Å²) in [5.41, 5.74) is 0.681. The third-order valence-corrected chi connectivity index (χ3v) is 5.20. The standard InChI is InChI=1S/C22H20ClFN4O2/c1-15-13-27(9-10-28(15)22(29)16-5-3-2-4-6-16)20-12-21(26-14-25-20)30-19-8-7-17(23)11-18(19)24/h2-8,11-12,14-15H,9-10,13H2,1H3. The molecule has 0 saturated carbocycles. The van der Waals surface area contributed by atoms with E-state index in [1.54, 1.807) is 12.1 Å². The van der Waals surface area contributed by atoms with Gasteiger partial charge in [0.25, 0.3) is 5.91 Å². The lowest BCUT2D eigenvalue weighted by molar-refractivity contribution is 0.0673. The molecule has 30 heavy (non-hydrogen) atoms. The smallest absolute Gasteiger partial charge is 0.254 e. The predicted molar refractivity (Wildman–Crippen MR) is 113 cm³/mol. The molecule has 3 aromatic rings. The largest absolute Gasteiger partial charge is 0.436 e. The minimum Gasteiger partial charge on any atom is -0.436 e. The van der Waals surface area contributed by atoms with E-state index < -0.39 is 5.82 Å². The molecular formula is C22H20ClFN4O2. The Kier molecular flexibility index (Phi) is 5.81. The molecule has 0 bridgehead atoms. The molecule has 1 saturated heterocycles. The summed E-state index contributed by atoms with van der Waals surface area (Å²) >= 11 is 5.78. The highest BCUT2D eigenvalue weighted by Gasteiger charge is 2.29. The van der Waals surface area contributed by atoms with Gasteiger partial charge < -0.3 is 14.5 Å². The highest BCUT2D eigenvalue weighted by atomic mass is 35.5. The second-order valence-electron chi connectivity index (χ2n) is 7.05. The van der Waals surface area contributed by atoms with Gasteiger partial charge in [-0.15, -0.1) is 0 Å². The van der Waals surface area contributed by atoms with E-state index in [-0.39, 0.29) is 23.6 Å². The van der Waals surface area contributed by atoms with Gasteiger partial charge in [-0.25, -0.2) is 14.4 Å². The number of carbonyl (C=O) groups excluding carboxylic acids is 1. The molecular weight excluding hydrogens is 407 g/mol. The fourth-order valence-corrected chi connectivity index (χ4v) is 3.60. The lowest BCUT2D eigenvalue weighted by Gasteiger charge is -2.40. The topological polar surface area (TPSA) is 58.6 Å². The van der Waals surface area contributed by atoms with Crippen LogP contribution in [0.3, 0.4) is 0 Å². The number of benzene rings is 2. The number of ether oxygens (including phenoxy) is 1. The maximum atomic E-state index is 14.0. The van der Waals surface area contributed by atoms with Gasteiger partial charge in [-0.3, -0.25) is 4.79 Å². The first kappa shape index (κ1) is 20.1. The van der Waals surface area contributed by atoms with Crippen LogP contribution in [0.4, 0.5) is 10.2 Å². The second kappa shape index (κ2) is 8.67. The van der Waals surface area contributed by atoms with Crippen molar-refractivity contribution < 1.29 is 13.9 Å². The number of hydrogen-bond acceptors (Lipinski definition) is 5. The van der Waals surface area contributed by atoms with Crippen LogP contribution in [0.25, 0.3) is 0 Å². The average Bonchev–Trinajstić information content (AvgIpc) is 2.76. The number of hydrogen-bond donors (Lipinski definition) is 0. The highest BCUT2D eigenvalue weighted by Crippen LogP contribution is 2.27. The third-order valence-electron chi connectivity index (χ3n) is 4.97. The molecule has 6 nitrogen and oxygen atoms in total. The number of amides is 1. The van der Waals surface area contributed by atoms with E-state index in [9.17, 15) is 9.18 Å². The van der Waals surface area contributed by atoms with Crippen molar-refractivity contribution in [2.24, 2.45) is 0 Å². The first-order valence-corrected chi connectivity index (χ1v) is 9.95. The number of halogens is 2. The molecule has 8 heteroatoms. The maximum Gasteiger partial charge on any atom is 0.254 e. The van der Waals surface area contributed by atoms with E-state index in [0.717, 1.165) is 0 Å². The van der Waals surface area contributed by atoms with Crippen LogP contribution in [-0.4, -0.2) is 46.5 Å². The summed E-state index contributed by atoms with van der Waals surface area (Å²) in [6.07, 6.45) is 1.38. The second-order valence-corrected chi connectivity index (χ2v) is 7.49. The summed E-state index contributed by atoms with van der Waals surface area (Å²) in [5, 5.41) is 0.292. The summed E-state index contributed by atoms with van der Waals surface area (Å²) in [6, 6.07) is 15.1. The van der Waals surface area contributed by atoms with Gasteiger partial charge in [0.15, 0.2) is 11.6 Å². The lowest BCUT2D eigenvalue weighted by Crippen LogP contribution is -2.54. The molecule has 1 aliphatic rings. The Hall–Kier alpha value is -3.19. The maximum absolute atomic E-state index is 14.0. The molecule has 0 spiro atoms. The Morgan fingerprint density at radius 1 is 1.13 bits per heavy atom. The van der Waals surface area contributed by atoms with Crippen LogP contribution in [0.5, 0.6) is 11.6 Å². The van der Waals surface area contributed by atoms with E-state index in [1.165, 1.54) is 18.5 Å². The Morgan fingerprint density at radius 2 is 1.93 bits per heavy atom. The molecule has 2 heterocycles. The number of carbonyl (C=O) groups is 1. The molecule has 154 valence electrons. The fourth-order valence-electron chi connectivity index (χ4n) is 3.44. The van der Waals surface area contributed by atoms with Gasteiger partial charge in [-0.05, 0) is 37.3 Å². The summed E-state index contributed by atoms with van der Waals surface area (Å²) in [7, 11) is 0. The van der Waals surface area contributed by atoms with Gasteiger partial charge >= 0.3 is 0 Å². The van der Waals surface area contributed by atoms with Gasteiger partial charge in [-0.1, -0.05) is 29.8 Å². The predicted octanol–water partition coefficient (Wildman–Crippen LogP) is 4.41. The average molecular weight is 427 g/mol. The van der Waals surface area contributed by atoms with E-state index in [2.05, 4.69) is 14.9 Å². The van der Waals surface area contributed by atoms with Gasteiger partial charge in [0.05, 0.1) is 0 Å². The summed E-state index contributed by atoms with van der Waals surface area (Å²) in [4.78, 5) is 25.1. The Balaban J connectivity index is 1.45. The van der Waals surface area contributed by atoms with Crippen LogP contribution in [0.2, 0.25) is 5.02 Å². The molecule has 1 aliphatic heterocycles. The molecule has 2 aromatic carbocycles. The molecule has 0 aliphatic carbocycles. The molecule has 1 aromatic heterocycles. The lowest BCUT2D eigenvalue weighted by atomic mass is 10.1. The number of rotatable bonds is 4. The van der Waals surface area contributed by atoms with Crippen LogP contribution in [0, 0.1) is 5.82 Å². The van der Waals surface area contributed by atoms with Crippen LogP contribution in [0.1, 0.15) is 17.3 Å². The summed E-state index contributed by atoms with van der Waals surface area (Å²) < 4.78 is 19.6. The molecule has 4 rings (SSSR count). The van der Waals surface area contributed by atoms with E-state index in [1.807, 2.05) is 42.2 Å². The minimum atomic E-state index is -0.565. The molecule has 1 unspecified atom stereocenters. The van der Waals surface area contributed by atoms with Gasteiger partial charge in [0, 0.05) is 42.3 Å². The zero-order valence-electron chi connectivity index (χ0n) is 16.3. The quantitative estimate of drug-likeness (QED) is 0.618. The van der Waals surface area contributed by atoms with Crippen molar-refractivity contribution in [3.8, 4) is 11.6 Å². The first-order valence-electron chi connectivity index (χ1n) is 9.57. The van der Waals surface area contributed by atoms with Crippen LogP contribution in [0.15, 0.2) is 60.9 Å². The van der Waals surface area contributed by atoms with Crippen molar-refractivity contribution in [3.63, 3.8) is 0 Å². The van der Waals surface area contributed by atoms with Crippen LogP contribution in [-0.2, 0) is 0 Å². The third kappa shape index (κ3) is 4.36. The SMILES string of the molecule is CC1CN(c2cc(Oc3ccc(Cl)cc3F)ncn2)CCN1C(=O)c1ccccc1. The summed E-state index contributed by atoms with van der Waals surface area (Å²) in [6.45, 7) is 3.81. The zero-order valence-corrected chi connectivity index (χ0v) is 17.1. The van der Waals surface area contributed by atoms with Gasteiger partial charge in [-0.2, -0.15) is 0 Å². The monoisotopic (exact) mass is 426 g/mol. The van der Waals surface area contributed by atoms with Crippen molar-refractivity contribution in [3.05, 3.63) is 77.3 Å². The van der Waals surface area contributed by atoms with Gasteiger partial charge in [0.1, 0.15) is 12.1 Å². The van der Waals surface area contributed by atoms with Crippen molar-refractivity contribution in [2.75, 3.05) is 24.5 Å². The Morgan fingerprint density at radius 3 is 2.67 bits per heavy atom. The van der Waals surface area contributed by atoms with Crippen molar-refractivity contribution >= 4 is 23.3 Å². The number of aromatic nitrogens is 2. The summed E-state index contributed by atoms with van der Waals surface area (Å²) in [5.74, 6) is 0.386. The Bertz CT molecular complexity index is 1050. The minimum absolute atomic E-state index is 0.000463. The Labute approximate surface area is 178 Å². The van der Waals surface area contributed by atoms with Crippen molar-refractivity contribution in [1.29, 1.82) is 0 Å². The zero-order chi connectivity index (χ0) is 21.1. The van der Waals surface area contributed by atoms with Crippen molar-refractivity contribution in [2.45, 2.75) is 13.0 Å². The van der Waals surface area contributed by atoms with Crippen LogP contribution >= 0.6 is 11.6 Å². The fraction of sp³-hybridized carbons (Fsp3) is 0.227. The highest BCUT2D eigenvalue weighted by molar-refractivity contribution is 6.30. The van der Waals surface area contributed by atoms with Gasteiger partial charge in [0.2, 0.25) is 5.88 Å². The van der Waals surface area contributed by atoms with E-state index >= 15 is 0 Å². The molecule has 1 fully saturated rings. The van der Waals surface area contributed by atoms with E-state index in [4.69, 9.17) is 16.3 Å². The van der Waals surface area contributed by atoms with Crippen LogP contribution < -0.4 is 9.64 Å². The first-order chi connectivity index (χ1) is 14.5. The molecule has 0 N–H and O–H groups in total. The molecule has 1 amide bonds. The van der Waals surface area contributed by atoms with E-state index in [0.29, 0.717) is 36.0 Å².